The van der Waals surface area contributed by atoms with Crippen LogP contribution in [0.15, 0.2) is 19.6 Å². The van der Waals surface area contributed by atoms with Crippen LogP contribution in [0.3, 0.4) is 0 Å². The van der Waals surface area contributed by atoms with Gasteiger partial charge in [-0.25, -0.2) is 9.97 Å². The molecule has 0 spiro atoms. The Labute approximate surface area is 124 Å². The minimum absolute atomic E-state index is 0.527. The molecule has 3 rings (SSSR count). The van der Waals surface area contributed by atoms with Gasteiger partial charge in [0.1, 0.15) is 5.15 Å². The maximum absolute atomic E-state index is 6.14. The van der Waals surface area contributed by atoms with Gasteiger partial charge in [-0.05, 0) is 31.9 Å². The normalized spacial score (nSPS) is 14.1. The Morgan fingerprint density at radius 1 is 1.29 bits per heavy atom. The molecule has 0 unspecified atom stereocenters. The van der Waals surface area contributed by atoms with E-state index >= 15 is 0 Å². The Hall–Kier alpha value is -0.0400. The summed E-state index contributed by atoms with van der Waals surface area (Å²) in [5, 5.41) is 0.527. The number of thioether (sulfide) groups is 1. The van der Waals surface area contributed by atoms with E-state index in [1.54, 1.807) is 11.8 Å². The van der Waals surface area contributed by atoms with E-state index in [0.717, 1.165) is 27.2 Å². The van der Waals surface area contributed by atoms with Gasteiger partial charge in [-0.15, -0.1) is 0 Å². The van der Waals surface area contributed by atoms with Crippen molar-refractivity contribution in [1.82, 2.24) is 9.97 Å². The monoisotopic (exact) mass is 394 g/mol. The molecule has 0 aromatic carbocycles. The van der Waals surface area contributed by atoms with Crippen LogP contribution in [0, 0.1) is 0 Å². The summed E-state index contributed by atoms with van der Waals surface area (Å²) in [6.45, 7) is 0. The number of aromatic nitrogens is 2. The molecule has 2 aromatic heterocycles. The zero-order valence-electron chi connectivity index (χ0n) is 8.34. The Kier molecular flexibility index (Phi) is 3.23. The lowest BCUT2D eigenvalue weighted by Crippen LogP contribution is -1.96. The number of rotatable bonds is 1. The van der Waals surface area contributed by atoms with Gasteiger partial charge >= 0.3 is 0 Å². The zero-order valence-corrected chi connectivity index (χ0v) is 13.1. The van der Waals surface area contributed by atoms with E-state index in [4.69, 9.17) is 16.0 Å². The van der Waals surface area contributed by atoms with Crippen LogP contribution in [0.1, 0.15) is 11.3 Å². The first-order valence-corrected chi connectivity index (χ1v) is 7.85. The van der Waals surface area contributed by atoms with Gasteiger partial charge in [0.2, 0.25) is 0 Å². The molecule has 0 amide bonds. The van der Waals surface area contributed by atoms with Crippen LogP contribution in [-0.4, -0.2) is 9.97 Å². The van der Waals surface area contributed by atoms with Crippen LogP contribution in [0.2, 0.25) is 5.15 Å². The molecule has 2 aromatic rings. The van der Waals surface area contributed by atoms with E-state index in [1.807, 2.05) is 6.07 Å². The minimum atomic E-state index is 0.527. The summed E-state index contributed by atoms with van der Waals surface area (Å²) < 4.78 is 6.96. The van der Waals surface area contributed by atoms with Crippen LogP contribution in [0.4, 0.5) is 0 Å². The van der Waals surface area contributed by atoms with Crippen molar-refractivity contribution in [2.45, 2.75) is 11.5 Å². The second-order valence-electron chi connectivity index (χ2n) is 3.49. The Balaban J connectivity index is 2.13. The molecule has 0 fully saturated rings. The molecule has 17 heavy (non-hydrogen) atoms. The van der Waals surface area contributed by atoms with Gasteiger partial charge in [-0.2, -0.15) is 11.8 Å². The molecular formula is C10H5Br2ClN2OS. The van der Waals surface area contributed by atoms with Gasteiger partial charge in [0.15, 0.2) is 16.3 Å². The van der Waals surface area contributed by atoms with Crippen molar-refractivity contribution in [1.29, 1.82) is 0 Å². The molecular weight excluding hydrogens is 391 g/mol. The first-order valence-electron chi connectivity index (χ1n) is 4.73. The standard InChI is InChI=1S/C10H5Br2ClN2OS/c11-5-1-7(16-8(5)12)10-14-6-3-17-2-4(6)9(13)15-10/h1H,2-3H2. The maximum atomic E-state index is 6.14. The van der Waals surface area contributed by atoms with Crippen molar-refractivity contribution in [3.05, 3.63) is 31.6 Å². The van der Waals surface area contributed by atoms with Crippen molar-refractivity contribution < 1.29 is 4.42 Å². The number of fused-ring (bicyclic) bond motifs is 1. The van der Waals surface area contributed by atoms with Crippen LogP contribution in [-0.2, 0) is 11.5 Å². The van der Waals surface area contributed by atoms with Gasteiger partial charge in [-0.3, -0.25) is 0 Å². The first-order chi connectivity index (χ1) is 8.15. The van der Waals surface area contributed by atoms with Crippen molar-refractivity contribution >= 4 is 55.2 Å². The first kappa shape index (κ1) is 12.0. The van der Waals surface area contributed by atoms with Gasteiger partial charge in [0, 0.05) is 23.1 Å². The number of hydrogen-bond acceptors (Lipinski definition) is 4. The predicted molar refractivity (Wildman–Crippen MR) is 75.1 cm³/mol. The summed E-state index contributed by atoms with van der Waals surface area (Å²) in [5.74, 6) is 2.90. The second kappa shape index (κ2) is 4.57. The van der Waals surface area contributed by atoms with Crippen LogP contribution < -0.4 is 0 Å². The van der Waals surface area contributed by atoms with E-state index in [0.29, 0.717) is 21.4 Å². The maximum Gasteiger partial charge on any atom is 0.197 e. The molecule has 1 aliphatic rings. The van der Waals surface area contributed by atoms with Crippen LogP contribution in [0.5, 0.6) is 0 Å². The van der Waals surface area contributed by atoms with E-state index < -0.39 is 0 Å². The van der Waals surface area contributed by atoms with Crippen LogP contribution in [0.25, 0.3) is 11.6 Å². The molecule has 0 N–H and O–H groups in total. The summed E-state index contributed by atoms with van der Waals surface area (Å²) >= 11 is 14.6. The van der Waals surface area contributed by atoms with E-state index in [-0.39, 0.29) is 0 Å². The lowest BCUT2D eigenvalue weighted by molar-refractivity contribution is 0.549. The summed E-state index contributed by atoms with van der Waals surface area (Å²) in [6, 6.07) is 1.82. The predicted octanol–water partition coefficient (Wildman–Crippen LogP) is 4.66. The highest BCUT2D eigenvalue weighted by atomic mass is 79.9. The summed E-state index contributed by atoms with van der Waals surface area (Å²) in [7, 11) is 0. The average Bonchev–Trinajstić information content (AvgIpc) is 2.87. The number of furan rings is 1. The molecule has 0 atom stereocenters. The minimum Gasteiger partial charge on any atom is -0.445 e. The highest BCUT2D eigenvalue weighted by Crippen LogP contribution is 2.36. The second-order valence-corrected chi connectivity index (χ2v) is 6.41. The fraction of sp³-hybridized carbons (Fsp3) is 0.200. The van der Waals surface area contributed by atoms with E-state index in [1.165, 1.54) is 0 Å². The molecule has 0 saturated carbocycles. The average molecular weight is 396 g/mol. The van der Waals surface area contributed by atoms with Gasteiger partial charge in [-0.1, -0.05) is 11.6 Å². The molecule has 7 heteroatoms. The van der Waals surface area contributed by atoms with E-state index in [9.17, 15) is 0 Å². The third-order valence-corrected chi connectivity index (χ3v) is 5.39. The highest BCUT2D eigenvalue weighted by Gasteiger charge is 2.21. The quantitative estimate of drug-likeness (QED) is 0.657. The SMILES string of the molecule is Clc1nc(-c2cc(Br)c(Br)o2)nc2c1CSC2. The van der Waals surface area contributed by atoms with Crippen molar-refractivity contribution in [2.24, 2.45) is 0 Å². The lowest BCUT2D eigenvalue weighted by atomic mass is 10.2. The van der Waals surface area contributed by atoms with Crippen molar-refractivity contribution in [2.75, 3.05) is 0 Å². The molecule has 88 valence electrons. The van der Waals surface area contributed by atoms with Crippen molar-refractivity contribution in [3.63, 3.8) is 0 Å². The van der Waals surface area contributed by atoms with Crippen molar-refractivity contribution in [3.8, 4) is 11.6 Å². The fourth-order valence-electron chi connectivity index (χ4n) is 1.58. The molecule has 1 aliphatic heterocycles. The summed E-state index contributed by atoms with van der Waals surface area (Å²) in [5.41, 5.74) is 2.05. The molecule has 3 heterocycles. The Morgan fingerprint density at radius 2 is 2.12 bits per heavy atom. The Bertz CT molecular complexity index is 583. The van der Waals surface area contributed by atoms with Crippen LogP contribution >= 0.6 is 55.2 Å². The largest absolute Gasteiger partial charge is 0.445 e. The molecule has 0 saturated heterocycles. The fourth-order valence-corrected chi connectivity index (χ4v) is 3.53. The lowest BCUT2D eigenvalue weighted by Gasteiger charge is -2.02. The van der Waals surface area contributed by atoms with E-state index in [2.05, 4.69) is 41.8 Å². The number of halogens is 3. The van der Waals surface area contributed by atoms with Gasteiger partial charge in [0.25, 0.3) is 0 Å². The topological polar surface area (TPSA) is 38.9 Å². The summed E-state index contributed by atoms with van der Waals surface area (Å²) in [6.07, 6.45) is 0. The summed E-state index contributed by atoms with van der Waals surface area (Å²) in [4.78, 5) is 8.76. The molecule has 0 aliphatic carbocycles. The molecule has 0 bridgehead atoms. The number of nitrogens with zero attached hydrogens (tertiary/aromatic N) is 2. The smallest absolute Gasteiger partial charge is 0.197 e. The zero-order chi connectivity index (χ0) is 12.0. The van der Waals surface area contributed by atoms with Gasteiger partial charge < -0.3 is 4.42 Å². The van der Waals surface area contributed by atoms with Gasteiger partial charge in [0.05, 0.1) is 10.2 Å². The number of hydrogen-bond donors (Lipinski definition) is 0. The molecule has 0 radical (unpaired) electrons. The third kappa shape index (κ3) is 2.16. The highest BCUT2D eigenvalue weighted by molar-refractivity contribution is 9.13. The Morgan fingerprint density at radius 3 is 2.82 bits per heavy atom. The molecule has 3 nitrogen and oxygen atoms in total. The third-order valence-electron chi connectivity index (χ3n) is 2.39.